The first kappa shape index (κ1) is 22.2. The summed E-state index contributed by atoms with van der Waals surface area (Å²) >= 11 is 1.63. The number of benzene rings is 2. The Labute approximate surface area is 170 Å². The van der Waals surface area contributed by atoms with Gasteiger partial charge in [0, 0.05) is 32.4 Å². The van der Waals surface area contributed by atoms with E-state index in [2.05, 4.69) is 20.3 Å². The molecule has 0 atom stereocenters. The summed E-state index contributed by atoms with van der Waals surface area (Å²) in [7, 11) is -1.89. The molecule has 6 nitrogen and oxygen atoms in total. The summed E-state index contributed by atoms with van der Waals surface area (Å²) < 4.78 is 40.3. The molecule has 2 rings (SSSR count). The Morgan fingerprint density at radius 3 is 2.50 bits per heavy atom. The molecule has 0 aromatic heterocycles. The van der Waals surface area contributed by atoms with E-state index in [0.717, 1.165) is 16.9 Å². The molecule has 0 fully saturated rings. The van der Waals surface area contributed by atoms with Crippen LogP contribution in [0.4, 0.5) is 4.39 Å². The highest BCUT2D eigenvalue weighted by atomic mass is 32.2. The van der Waals surface area contributed by atoms with Crippen molar-refractivity contribution in [1.29, 1.82) is 0 Å². The van der Waals surface area contributed by atoms with Crippen molar-refractivity contribution in [2.45, 2.75) is 17.2 Å². The minimum Gasteiger partial charge on any atom is -0.355 e. The van der Waals surface area contributed by atoms with E-state index < -0.39 is 10.0 Å². The zero-order valence-electron chi connectivity index (χ0n) is 15.9. The van der Waals surface area contributed by atoms with Gasteiger partial charge in [-0.2, -0.15) is 11.8 Å². The number of thioether (sulfide) groups is 1. The van der Waals surface area contributed by atoms with Gasteiger partial charge in [-0.1, -0.05) is 24.3 Å². The lowest BCUT2D eigenvalue weighted by Gasteiger charge is -2.14. The molecule has 0 bridgehead atoms. The highest BCUT2D eigenvalue weighted by Gasteiger charge is 2.12. The minimum absolute atomic E-state index is 0.214. The second-order valence-electron chi connectivity index (χ2n) is 5.91. The molecule has 0 aliphatic heterocycles. The normalized spacial score (nSPS) is 12.0. The minimum atomic E-state index is -3.52. The van der Waals surface area contributed by atoms with E-state index >= 15 is 0 Å². The van der Waals surface area contributed by atoms with E-state index in [1.807, 2.05) is 6.26 Å². The van der Waals surface area contributed by atoms with Crippen LogP contribution in [0, 0.1) is 5.82 Å². The van der Waals surface area contributed by atoms with Crippen molar-refractivity contribution in [3.05, 3.63) is 65.5 Å². The Balaban J connectivity index is 1.82. The predicted octanol–water partition coefficient (Wildman–Crippen LogP) is 2.33. The Kier molecular flexibility index (Phi) is 8.75. The maximum atomic E-state index is 13.4. The number of nitrogens with zero attached hydrogens (tertiary/aromatic N) is 1. The lowest BCUT2D eigenvalue weighted by Crippen LogP contribution is -2.41. The topological polar surface area (TPSA) is 82.6 Å². The van der Waals surface area contributed by atoms with E-state index in [4.69, 9.17) is 0 Å². The number of sulfonamides is 1. The van der Waals surface area contributed by atoms with Crippen molar-refractivity contribution in [3.8, 4) is 0 Å². The molecule has 152 valence electrons. The molecule has 9 heteroatoms. The summed E-state index contributed by atoms with van der Waals surface area (Å²) in [6.45, 7) is 1.07. The highest BCUT2D eigenvalue weighted by Crippen LogP contribution is 2.16. The van der Waals surface area contributed by atoms with E-state index in [-0.39, 0.29) is 17.3 Å². The smallest absolute Gasteiger partial charge is 0.240 e. The van der Waals surface area contributed by atoms with Crippen LogP contribution in [0.15, 0.2) is 58.4 Å². The van der Waals surface area contributed by atoms with E-state index in [1.165, 1.54) is 6.07 Å². The van der Waals surface area contributed by atoms with Gasteiger partial charge in [0.05, 0.1) is 4.90 Å². The zero-order valence-corrected chi connectivity index (χ0v) is 17.5. The van der Waals surface area contributed by atoms with E-state index in [1.54, 1.807) is 61.3 Å². The quantitative estimate of drug-likeness (QED) is 0.327. The van der Waals surface area contributed by atoms with Crippen LogP contribution in [0.5, 0.6) is 0 Å². The Morgan fingerprint density at radius 2 is 1.82 bits per heavy atom. The van der Waals surface area contributed by atoms with Gasteiger partial charge in [-0.25, -0.2) is 17.5 Å². The van der Waals surface area contributed by atoms with Crippen LogP contribution in [-0.4, -0.2) is 40.8 Å². The van der Waals surface area contributed by atoms with E-state index in [0.29, 0.717) is 19.0 Å². The third-order valence-corrected chi connectivity index (χ3v) is 5.98. The monoisotopic (exact) mass is 424 g/mol. The van der Waals surface area contributed by atoms with Gasteiger partial charge in [0.2, 0.25) is 10.0 Å². The van der Waals surface area contributed by atoms with Crippen LogP contribution in [0.2, 0.25) is 0 Å². The summed E-state index contributed by atoms with van der Waals surface area (Å²) in [4.78, 5) is 4.36. The zero-order chi connectivity index (χ0) is 20.4. The molecule has 0 spiro atoms. The standard InChI is InChI=1S/C19H25FN4O2S2/c1-21-19(23-13-15-8-9-17(20)12-16(15)14-27-2)22-10-11-24-28(25,26)18-6-4-3-5-7-18/h3-9,12,24H,10-11,13-14H2,1-2H3,(H2,21,22,23). The molecular weight excluding hydrogens is 399 g/mol. The fourth-order valence-corrected chi connectivity index (χ4v) is 4.14. The fraction of sp³-hybridized carbons (Fsp3) is 0.316. The third kappa shape index (κ3) is 6.81. The molecule has 0 heterocycles. The molecule has 3 N–H and O–H groups in total. The summed E-state index contributed by atoms with van der Waals surface area (Å²) in [6.07, 6.45) is 1.97. The van der Waals surface area contributed by atoms with Crippen LogP contribution in [0.3, 0.4) is 0 Å². The van der Waals surface area contributed by atoms with Crippen molar-refractivity contribution >= 4 is 27.7 Å². The van der Waals surface area contributed by atoms with Crippen LogP contribution in [0.25, 0.3) is 0 Å². The molecular formula is C19H25FN4O2S2. The number of aliphatic imine (C=N–C) groups is 1. The molecule has 0 aliphatic carbocycles. The molecule has 0 saturated heterocycles. The lowest BCUT2D eigenvalue weighted by molar-refractivity contribution is 0.580. The Morgan fingerprint density at radius 1 is 1.07 bits per heavy atom. The van der Waals surface area contributed by atoms with Gasteiger partial charge < -0.3 is 10.6 Å². The number of hydrogen-bond donors (Lipinski definition) is 3. The van der Waals surface area contributed by atoms with Gasteiger partial charge in [-0.05, 0) is 41.6 Å². The molecule has 2 aromatic rings. The first-order chi connectivity index (χ1) is 13.5. The van der Waals surface area contributed by atoms with Crippen molar-refractivity contribution in [1.82, 2.24) is 15.4 Å². The molecule has 0 aliphatic rings. The highest BCUT2D eigenvalue weighted by molar-refractivity contribution is 7.97. The number of halogens is 1. The van der Waals surface area contributed by atoms with Crippen molar-refractivity contribution in [2.75, 3.05) is 26.4 Å². The first-order valence-electron chi connectivity index (χ1n) is 8.71. The lowest BCUT2D eigenvalue weighted by atomic mass is 10.1. The van der Waals surface area contributed by atoms with Gasteiger partial charge in [0.25, 0.3) is 0 Å². The summed E-state index contributed by atoms with van der Waals surface area (Å²) in [5, 5.41) is 6.22. The molecule has 0 amide bonds. The molecule has 0 unspecified atom stereocenters. The van der Waals surface area contributed by atoms with Gasteiger partial charge in [-0.3, -0.25) is 4.99 Å². The largest absolute Gasteiger partial charge is 0.355 e. The fourth-order valence-electron chi connectivity index (χ4n) is 2.51. The van der Waals surface area contributed by atoms with Crippen molar-refractivity contribution < 1.29 is 12.8 Å². The average Bonchev–Trinajstić information content (AvgIpc) is 2.69. The van der Waals surface area contributed by atoms with Crippen LogP contribution in [-0.2, 0) is 22.3 Å². The summed E-state index contributed by atoms with van der Waals surface area (Å²) in [6, 6.07) is 13.0. The maximum Gasteiger partial charge on any atom is 0.240 e. The second-order valence-corrected chi connectivity index (χ2v) is 8.54. The summed E-state index contributed by atoms with van der Waals surface area (Å²) in [5.74, 6) is 1.02. The number of hydrogen-bond acceptors (Lipinski definition) is 4. The summed E-state index contributed by atoms with van der Waals surface area (Å²) in [5.41, 5.74) is 1.93. The third-order valence-electron chi connectivity index (χ3n) is 3.90. The van der Waals surface area contributed by atoms with Gasteiger partial charge in [0.1, 0.15) is 5.82 Å². The van der Waals surface area contributed by atoms with Crippen LogP contribution >= 0.6 is 11.8 Å². The van der Waals surface area contributed by atoms with Crippen molar-refractivity contribution in [2.24, 2.45) is 4.99 Å². The molecule has 0 saturated carbocycles. The predicted molar refractivity (Wildman–Crippen MR) is 113 cm³/mol. The first-order valence-corrected chi connectivity index (χ1v) is 11.6. The number of guanidine groups is 1. The molecule has 2 aromatic carbocycles. The number of nitrogens with one attached hydrogen (secondary N) is 3. The van der Waals surface area contributed by atoms with Gasteiger partial charge >= 0.3 is 0 Å². The molecule has 28 heavy (non-hydrogen) atoms. The maximum absolute atomic E-state index is 13.4. The van der Waals surface area contributed by atoms with Gasteiger partial charge in [-0.15, -0.1) is 0 Å². The van der Waals surface area contributed by atoms with Crippen LogP contribution < -0.4 is 15.4 Å². The average molecular weight is 425 g/mol. The Bertz CT molecular complexity index is 890. The SMILES string of the molecule is CN=C(NCCNS(=O)(=O)c1ccccc1)NCc1ccc(F)cc1CSC. The van der Waals surface area contributed by atoms with Gasteiger partial charge in [0.15, 0.2) is 5.96 Å². The Hall–Kier alpha value is -2.10. The van der Waals surface area contributed by atoms with Crippen LogP contribution in [0.1, 0.15) is 11.1 Å². The number of rotatable bonds is 9. The van der Waals surface area contributed by atoms with Crippen molar-refractivity contribution in [3.63, 3.8) is 0 Å². The second kappa shape index (κ2) is 11.0. The van der Waals surface area contributed by atoms with E-state index in [9.17, 15) is 12.8 Å². The molecule has 0 radical (unpaired) electrons.